The summed E-state index contributed by atoms with van der Waals surface area (Å²) in [4.78, 5) is 27.1. The molecule has 0 unspecified atom stereocenters. The Kier molecular flexibility index (Phi) is 4.35. The number of nitrogens with one attached hydrogen (secondary N) is 1. The largest absolute Gasteiger partial charge is 0.422 e. The first-order valence-electron chi connectivity index (χ1n) is 7.71. The van der Waals surface area contributed by atoms with E-state index in [-0.39, 0.29) is 16.8 Å². The lowest BCUT2D eigenvalue weighted by Crippen LogP contribution is -2.03. The van der Waals surface area contributed by atoms with E-state index in [1.807, 2.05) is 18.2 Å². The lowest BCUT2D eigenvalue weighted by molar-refractivity contribution is -0.384. The van der Waals surface area contributed by atoms with E-state index in [9.17, 15) is 14.9 Å². The summed E-state index contributed by atoms with van der Waals surface area (Å²) in [5, 5.41) is 17.3. The Bertz CT molecular complexity index is 1230. The second-order valence-corrected chi connectivity index (χ2v) is 6.83. The Morgan fingerprint density at radius 2 is 2.00 bits per heavy atom. The summed E-state index contributed by atoms with van der Waals surface area (Å²) in [7, 11) is 0. The van der Waals surface area contributed by atoms with Crippen LogP contribution in [0.2, 0.25) is 5.02 Å². The SMILES string of the molecule is O=c1oc2ccc([N+](=O)[O-])cc2cc1-c1csc(Nc2ccccc2Cl)n1. The van der Waals surface area contributed by atoms with Crippen molar-refractivity contribution in [1.82, 2.24) is 4.98 Å². The van der Waals surface area contributed by atoms with Gasteiger partial charge in [-0.25, -0.2) is 9.78 Å². The summed E-state index contributed by atoms with van der Waals surface area (Å²) < 4.78 is 5.27. The predicted octanol–water partition coefficient (Wildman–Crippen LogP) is 5.22. The van der Waals surface area contributed by atoms with Gasteiger partial charge < -0.3 is 9.73 Å². The highest BCUT2D eigenvalue weighted by atomic mass is 35.5. The fourth-order valence-corrected chi connectivity index (χ4v) is 3.44. The third-order valence-electron chi connectivity index (χ3n) is 3.82. The number of nitro benzene ring substituents is 1. The number of benzene rings is 2. The van der Waals surface area contributed by atoms with Gasteiger partial charge in [-0.3, -0.25) is 10.1 Å². The van der Waals surface area contributed by atoms with Crippen molar-refractivity contribution >= 4 is 50.4 Å². The molecule has 0 aliphatic carbocycles. The zero-order chi connectivity index (χ0) is 19.0. The van der Waals surface area contributed by atoms with Crippen LogP contribution in [0.25, 0.3) is 22.2 Å². The number of nitrogens with zero attached hydrogens (tertiary/aromatic N) is 2. The van der Waals surface area contributed by atoms with Crippen molar-refractivity contribution in [3.63, 3.8) is 0 Å². The van der Waals surface area contributed by atoms with Gasteiger partial charge in [-0.1, -0.05) is 23.7 Å². The molecule has 0 fully saturated rings. The molecule has 0 aliphatic rings. The monoisotopic (exact) mass is 399 g/mol. The second-order valence-electron chi connectivity index (χ2n) is 5.57. The van der Waals surface area contributed by atoms with Gasteiger partial charge in [0.05, 0.1) is 26.9 Å². The van der Waals surface area contributed by atoms with E-state index in [0.717, 1.165) is 0 Å². The molecule has 0 saturated heterocycles. The van der Waals surface area contributed by atoms with E-state index in [1.54, 1.807) is 17.5 Å². The maximum Gasteiger partial charge on any atom is 0.345 e. The Hall–Kier alpha value is -3.23. The molecule has 1 N–H and O–H groups in total. The predicted molar refractivity (Wildman–Crippen MR) is 105 cm³/mol. The van der Waals surface area contributed by atoms with E-state index in [4.69, 9.17) is 16.0 Å². The summed E-state index contributed by atoms with van der Waals surface area (Å²) >= 11 is 7.42. The van der Waals surface area contributed by atoms with Crippen LogP contribution in [0.1, 0.15) is 0 Å². The maximum absolute atomic E-state index is 12.3. The van der Waals surface area contributed by atoms with Gasteiger partial charge in [0, 0.05) is 22.9 Å². The Balaban J connectivity index is 1.73. The zero-order valence-electron chi connectivity index (χ0n) is 13.5. The van der Waals surface area contributed by atoms with Gasteiger partial charge in [-0.15, -0.1) is 11.3 Å². The topological polar surface area (TPSA) is 98.3 Å². The number of aromatic nitrogens is 1. The highest BCUT2D eigenvalue weighted by molar-refractivity contribution is 7.14. The number of hydrogen-bond acceptors (Lipinski definition) is 7. The molecule has 2 heterocycles. The van der Waals surface area contributed by atoms with E-state index in [2.05, 4.69) is 10.3 Å². The molecule has 27 heavy (non-hydrogen) atoms. The molecular weight excluding hydrogens is 390 g/mol. The van der Waals surface area contributed by atoms with E-state index >= 15 is 0 Å². The van der Waals surface area contributed by atoms with Crippen molar-refractivity contribution in [2.75, 3.05) is 5.32 Å². The van der Waals surface area contributed by atoms with Gasteiger partial charge in [0.15, 0.2) is 5.13 Å². The Morgan fingerprint density at radius 3 is 2.78 bits per heavy atom. The fourth-order valence-electron chi connectivity index (χ4n) is 2.54. The number of halogens is 1. The molecule has 2 aromatic heterocycles. The van der Waals surface area contributed by atoms with Crippen LogP contribution in [-0.2, 0) is 0 Å². The van der Waals surface area contributed by atoms with Crippen LogP contribution in [0.5, 0.6) is 0 Å². The average molecular weight is 400 g/mol. The van der Waals surface area contributed by atoms with Gasteiger partial charge >= 0.3 is 5.63 Å². The van der Waals surface area contributed by atoms with Crippen molar-refractivity contribution in [1.29, 1.82) is 0 Å². The van der Waals surface area contributed by atoms with Crippen molar-refractivity contribution in [2.24, 2.45) is 0 Å². The summed E-state index contributed by atoms with van der Waals surface area (Å²) in [6.07, 6.45) is 0. The Morgan fingerprint density at radius 1 is 1.19 bits per heavy atom. The number of nitro groups is 1. The van der Waals surface area contributed by atoms with E-state index in [1.165, 1.54) is 29.5 Å². The molecule has 9 heteroatoms. The molecule has 0 saturated carbocycles. The fraction of sp³-hybridized carbons (Fsp3) is 0. The highest BCUT2D eigenvalue weighted by Gasteiger charge is 2.14. The zero-order valence-corrected chi connectivity index (χ0v) is 15.1. The van der Waals surface area contributed by atoms with Gasteiger partial charge in [0.2, 0.25) is 0 Å². The number of para-hydroxylation sites is 1. The Labute approximate surface area is 161 Å². The normalized spacial score (nSPS) is 10.9. The maximum atomic E-state index is 12.3. The number of non-ortho nitro benzene ring substituents is 1. The first-order valence-corrected chi connectivity index (χ1v) is 8.97. The van der Waals surface area contributed by atoms with Crippen LogP contribution in [0.15, 0.2) is 63.1 Å². The quantitative estimate of drug-likeness (QED) is 0.287. The van der Waals surface area contributed by atoms with E-state index < -0.39 is 10.5 Å². The molecular formula is C18H10ClN3O4S. The minimum atomic E-state index is -0.564. The minimum absolute atomic E-state index is 0.0818. The number of hydrogen-bond donors (Lipinski definition) is 1. The molecule has 0 atom stereocenters. The van der Waals surface area contributed by atoms with Gasteiger partial charge in [-0.2, -0.15) is 0 Å². The van der Waals surface area contributed by atoms with Crippen molar-refractivity contribution in [2.45, 2.75) is 0 Å². The third kappa shape index (κ3) is 3.40. The number of anilines is 2. The van der Waals surface area contributed by atoms with Gasteiger partial charge in [-0.05, 0) is 24.3 Å². The van der Waals surface area contributed by atoms with Gasteiger partial charge in [0.1, 0.15) is 5.58 Å². The minimum Gasteiger partial charge on any atom is -0.422 e. The summed E-state index contributed by atoms with van der Waals surface area (Å²) in [5.41, 5.74) is 0.969. The van der Waals surface area contributed by atoms with Crippen LogP contribution in [0.4, 0.5) is 16.5 Å². The number of thiazole rings is 1. The second kappa shape index (κ2) is 6.82. The average Bonchev–Trinajstić information content (AvgIpc) is 3.11. The molecule has 2 aromatic carbocycles. The van der Waals surface area contributed by atoms with Crippen LogP contribution < -0.4 is 10.9 Å². The summed E-state index contributed by atoms with van der Waals surface area (Å²) in [6.45, 7) is 0. The lowest BCUT2D eigenvalue weighted by Gasteiger charge is -2.04. The first kappa shape index (κ1) is 17.2. The first-order chi connectivity index (χ1) is 13.0. The van der Waals surface area contributed by atoms with Crippen molar-refractivity contribution in [3.8, 4) is 11.3 Å². The smallest absolute Gasteiger partial charge is 0.345 e. The molecule has 4 aromatic rings. The molecule has 0 amide bonds. The highest BCUT2D eigenvalue weighted by Crippen LogP contribution is 2.30. The molecule has 134 valence electrons. The van der Waals surface area contributed by atoms with E-state index in [0.29, 0.717) is 26.9 Å². The van der Waals surface area contributed by atoms with Crippen molar-refractivity contribution < 1.29 is 9.34 Å². The van der Waals surface area contributed by atoms with Crippen LogP contribution in [0.3, 0.4) is 0 Å². The molecule has 0 aliphatic heterocycles. The van der Waals surface area contributed by atoms with Crippen molar-refractivity contribution in [3.05, 3.63) is 79.5 Å². The molecule has 0 spiro atoms. The van der Waals surface area contributed by atoms with Gasteiger partial charge in [0.25, 0.3) is 5.69 Å². The molecule has 0 bridgehead atoms. The molecule has 7 nitrogen and oxygen atoms in total. The molecule has 4 rings (SSSR count). The number of fused-ring (bicyclic) bond motifs is 1. The standard InChI is InChI=1S/C18H10ClN3O4S/c19-13-3-1-2-4-14(13)20-18-21-15(9-27-18)12-8-10-7-11(22(24)25)5-6-16(10)26-17(12)23/h1-9H,(H,20,21). The van der Waals surface area contributed by atoms with Crippen LogP contribution in [-0.4, -0.2) is 9.91 Å². The summed E-state index contributed by atoms with van der Waals surface area (Å²) in [6, 6.07) is 12.8. The third-order valence-corrected chi connectivity index (χ3v) is 4.91. The van der Waals surface area contributed by atoms with Crippen LogP contribution in [0, 0.1) is 10.1 Å². The molecule has 0 radical (unpaired) electrons. The van der Waals surface area contributed by atoms with Crippen LogP contribution >= 0.6 is 22.9 Å². The summed E-state index contributed by atoms with van der Waals surface area (Å²) in [5.74, 6) is 0. The number of rotatable bonds is 4. The lowest BCUT2D eigenvalue weighted by atomic mass is 10.1.